The highest BCUT2D eigenvalue weighted by atomic mass is 32.2. The number of aryl methyl sites for hydroxylation is 1. The number of rotatable bonds is 5. The summed E-state index contributed by atoms with van der Waals surface area (Å²) in [5.41, 5.74) is 4.10. The van der Waals surface area contributed by atoms with Gasteiger partial charge in [0.25, 0.3) is 5.91 Å². The van der Waals surface area contributed by atoms with Crippen molar-refractivity contribution in [3.05, 3.63) is 77.6 Å². The van der Waals surface area contributed by atoms with Gasteiger partial charge >= 0.3 is 0 Å². The minimum atomic E-state index is -0.920. The summed E-state index contributed by atoms with van der Waals surface area (Å²) in [5.74, 6) is 0.240. The molecule has 0 saturated heterocycles. The Morgan fingerprint density at radius 2 is 2.00 bits per heavy atom. The van der Waals surface area contributed by atoms with Gasteiger partial charge in [0, 0.05) is 34.7 Å². The fourth-order valence-corrected chi connectivity index (χ4v) is 3.22. The molecule has 5 nitrogen and oxygen atoms in total. The zero-order chi connectivity index (χ0) is 17.8. The summed E-state index contributed by atoms with van der Waals surface area (Å²) < 4.78 is 13.0. The molecule has 0 radical (unpaired) electrons. The molecule has 0 aliphatic carbocycles. The zero-order valence-corrected chi connectivity index (χ0v) is 14.9. The Bertz CT molecular complexity index is 934. The van der Waals surface area contributed by atoms with E-state index in [4.69, 9.17) is 0 Å². The number of carbonyl (C=O) groups is 1. The number of carbonyl (C=O) groups excluding carboxylic acids is 1. The van der Waals surface area contributed by atoms with Crippen LogP contribution in [-0.2, 0) is 16.6 Å². The number of nitrogens with zero attached hydrogens (tertiary/aromatic N) is 2. The van der Waals surface area contributed by atoms with Crippen LogP contribution in [-0.4, -0.2) is 26.2 Å². The largest absolute Gasteiger partial charge is 0.322 e. The number of amides is 1. The normalized spacial score (nSPS) is 11.9. The molecule has 1 amide bonds. The second-order valence-electron chi connectivity index (χ2n) is 5.83. The van der Waals surface area contributed by atoms with Crippen LogP contribution in [0.1, 0.15) is 21.5 Å². The number of aromatic nitrogens is 2. The van der Waals surface area contributed by atoms with Gasteiger partial charge in [-0.2, -0.15) is 5.10 Å². The lowest BCUT2D eigenvalue weighted by molar-refractivity contribution is 0.102. The minimum absolute atomic E-state index is 0.227. The Balaban J connectivity index is 1.76. The van der Waals surface area contributed by atoms with E-state index >= 15 is 0 Å². The van der Waals surface area contributed by atoms with E-state index in [2.05, 4.69) is 10.4 Å². The highest BCUT2D eigenvalue weighted by Crippen LogP contribution is 2.16. The Hall–Kier alpha value is -2.73. The van der Waals surface area contributed by atoms with Crippen molar-refractivity contribution >= 4 is 22.4 Å². The van der Waals surface area contributed by atoms with E-state index in [0.717, 1.165) is 16.8 Å². The minimum Gasteiger partial charge on any atom is -0.322 e. The molecule has 1 heterocycles. The smallest absolute Gasteiger partial charge is 0.258 e. The number of nitrogens with one attached hydrogen (secondary N) is 1. The lowest BCUT2D eigenvalue weighted by atomic mass is 10.2. The van der Waals surface area contributed by atoms with Crippen molar-refractivity contribution in [2.75, 3.05) is 11.6 Å². The molecule has 2 aromatic carbocycles. The quantitative estimate of drug-likeness (QED) is 0.765. The van der Waals surface area contributed by atoms with E-state index in [1.54, 1.807) is 23.3 Å². The van der Waals surface area contributed by atoms with E-state index in [9.17, 15) is 9.00 Å². The number of para-hydroxylation sites is 1. The highest BCUT2D eigenvalue weighted by Gasteiger charge is 2.11. The summed E-state index contributed by atoms with van der Waals surface area (Å²) in [6, 6.07) is 15.2. The van der Waals surface area contributed by atoms with Crippen molar-refractivity contribution in [1.82, 2.24) is 9.78 Å². The van der Waals surface area contributed by atoms with Gasteiger partial charge in [0.2, 0.25) is 0 Å². The van der Waals surface area contributed by atoms with Gasteiger partial charge < -0.3 is 5.32 Å². The van der Waals surface area contributed by atoms with Crippen LogP contribution in [0.15, 0.2) is 60.9 Å². The predicted octanol–water partition coefficient (Wildman–Crippen LogP) is 3.31. The number of benzene rings is 2. The van der Waals surface area contributed by atoms with Gasteiger partial charge in [-0.05, 0) is 36.2 Å². The molecule has 6 heteroatoms. The molecule has 0 bridgehead atoms. The van der Waals surface area contributed by atoms with Gasteiger partial charge in [-0.15, -0.1) is 0 Å². The summed E-state index contributed by atoms with van der Waals surface area (Å²) in [7, 11) is -0.920. The van der Waals surface area contributed by atoms with E-state index in [1.807, 2.05) is 55.5 Å². The molecule has 3 rings (SSSR count). The molecule has 0 saturated carbocycles. The maximum atomic E-state index is 12.5. The first-order valence-electron chi connectivity index (χ1n) is 7.84. The van der Waals surface area contributed by atoms with Crippen LogP contribution in [0.25, 0.3) is 5.69 Å². The molecular weight excluding hydrogens is 334 g/mol. The average Bonchev–Trinajstić information content (AvgIpc) is 3.05. The molecule has 0 unspecified atom stereocenters. The number of hydrogen-bond donors (Lipinski definition) is 1. The van der Waals surface area contributed by atoms with Gasteiger partial charge in [0.1, 0.15) is 0 Å². The third-order valence-electron chi connectivity index (χ3n) is 3.76. The summed E-state index contributed by atoms with van der Waals surface area (Å²) in [6.07, 6.45) is 4.92. The van der Waals surface area contributed by atoms with Crippen LogP contribution in [0.2, 0.25) is 0 Å². The molecule has 1 atom stereocenters. The van der Waals surface area contributed by atoms with E-state index < -0.39 is 10.8 Å². The van der Waals surface area contributed by atoms with Gasteiger partial charge in [-0.1, -0.05) is 30.3 Å². The van der Waals surface area contributed by atoms with E-state index in [-0.39, 0.29) is 5.91 Å². The predicted molar refractivity (Wildman–Crippen MR) is 100 cm³/mol. The molecule has 1 aromatic heterocycles. The second kappa shape index (κ2) is 7.44. The van der Waals surface area contributed by atoms with Gasteiger partial charge in [0.15, 0.2) is 0 Å². The summed E-state index contributed by atoms with van der Waals surface area (Å²) >= 11 is 0. The summed E-state index contributed by atoms with van der Waals surface area (Å²) in [4.78, 5) is 12.5. The lowest BCUT2D eigenvalue weighted by Crippen LogP contribution is -2.11. The second-order valence-corrected chi connectivity index (χ2v) is 7.27. The Morgan fingerprint density at radius 3 is 2.76 bits per heavy atom. The number of hydrogen-bond acceptors (Lipinski definition) is 3. The fraction of sp³-hybridized carbons (Fsp3) is 0.158. The monoisotopic (exact) mass is 353 g/mol. The zero-order valence-electron chi connectivity index (χ0n) is 14.1. The summed E-state index contributed by atoms with van der Waals surface area (Å²) in [5, 5.41) is 7.14. The summed E-state index contributed by atoms with van der Waals surface area (Å²) in [6.45, 7) is 2.00. The molecule has 0 spiro atoms. The maximum Gasteiger partial charge on any atom is 0.258 e. The van der Waals surface area contributed by atoms with Crippen molar-refractivity contribution in [1.29, 1.82) is 0 Å². The van der Waals surface area contributed by atoms with Crippen LogP contribution in [0.4, 0.5) is 5.69 Å². The van der Waals surface area contributed by atoms with Crippen LogP contribution in [0.5, 0.6) is 0 Å². The molecule has 3 aromatic rings. The average molecular weight is 353 g/mol. The Labute approximate surface area is 149 Å². The first-order valence-corrected chi connectivity index (χ1v) is 9.56. The Morgan fingerprint density at radius 1 is 1.20 bits per heavy atom. The number of anilines is 1. The van der Waals surface area contributed by atoms with Crippen molar-refractivity contribution in [2.45, 2.75) is 12.7 Å². The molecule has 0 aliphatic heterocycles. The molecule has 25 heavy (non-hydrogen) atoms. The van der Waals surface area contributed by atoms with Gasteiger partial charge in [-0.3, -0.25) is 9.00 Å². The first kappa shape index (κ1) is 17.1. The Kier molecular flexibility index (Phi) is 5.09. The standard InChI is InChI=1S/C19H19N3O2S/c1-14-6-3-4-9-18(14)22-12-16(11-20-22)19(23)21-17-8-5-7-15(10-17)13-25(2)24/h3-12H,13H2,1-2H3,(H,21,23)/t25-/m1/s1. The highest BCUT2D eigenvalue weighted by molar-refractivity contribution is 7.83. The molecule has 128 valence electrons. The van der Waals surface area contributed by atoms with Crippen LogP contribution in [0.3, 0.4) is 0 Å². The fourth-order valence-electron chi connectivity index (χ4n) is 2.57. The van der Waals surface area contributed by atoms with E-state index in [0.29, 0.717) is 17.0 Å². The SMILES string of the molecule is Cc1ccccc1-n1cc(C(=O)Nc2cccc(C[S@@](C)=O)c2)cn1. The van der Waals surface area contributed by atoms with Crippen molar-refractivity contribution < 1.29 is 9.00 Å². The third kappa shape index (κ3) is 4.22. The van der Waals surface area contributed by atoms with Crippen molar-refractivity contribution in [3.63, 3.8) is 0 Å². The molecule has 0 fully saturated rings. The topological polar surface area (TPSA) is 64.0 Å². The van der Waals surface area contributed by atoms with Crippen LogP contribution in [0, 0.1) is 6.92 Å². The van der Waals surface area contributed by atoms with Crippen LogP contribution < -0.4 is 5.32 Å². The molecule has 0 aliphatic rings. The van der Waals surface area contributed by atoms with E-state index in [1.165, 1.54) is 0 Å². The first-order chi connectivity index (χ1) is 12.0. The third-order valence-corrected chi connectivity index (χ3v) is 4.50. The lowest BCUT2D eigenvalue weighted by Gasteiger charge is -2.06. The van der Waals surface area contributed by atoms with Crippen molar-refractivity contribution in [3.8, 4) is 5.69 Å². The molecule has 1 N–H and O–H groups in total. The van der Waals surface area contributed by atoms with Crippen LogP contribution >= 0.6 is 0 Å². The van der Waals surface area contributed by atoms with Gasteiger partial charge in [0.05, 0.1) is 17.4 Å². The maximum absolute atomic E-state index is 12.5. The van der Waals surface area contributed by atoms with Gasteiger partial charge in [-0.25, -0.2) is 4.68 Å². The molecular formula is C19H19N3O2S. The van der Waals surface area contributed by atoms with Crippen molar-refractivity contribution in [2.24, 2.45) is 0 Å².